The minimum atomic E-state index is -0.177. The molecular formula is C11H25NO. The second-order valence-electron chi connectivity index (χ2n) is 4.12. The van der Waals surface area contributed by atoms with Gasteiger partial charge in [-0.3, -0.25) is 0 Å². The number of unbranched alkanes of at least 4 members (excludes halogenated alkanes) is 2. The lowest BCUT2D eigenvalue weighted by Crippen LogP contribution is -2.32. The van der Waals surface area contributed by atoms with E-state index in [1.54, 1.807) is 0 Å². The van der Waals surface area contributed by atoms with Crippen molar-refractivity contribution >= 4 is 0 Å². The summed E-state index contributed by atoms with van der Waals surface area (Å²) in [5.41, 5.74) is 0. The van der Waals surface area contributed by atoms with Gasteiger partial charge in [-0.05, 0) is 40.3 Å². The zero-order valence-corrected chi connectivity index (χ0v) is 9.58. The Kier molecular flexibility index (Phi) is 7.29. The van der Waals surface area contributed by atoms with Crippen LogP contribution in [0.2, 0.25) is 0 Å². The van der Waals surface area contributed by atoms with E-state index in [0.717, 1.165) is 13.0 Å². The van der Waals surface area contributed by atoms with Crippen LogP contribution in [0.4, 0.5) is 0 Å². The average molecular weight is 187 g/mol. The van der Waals surface area contributed by atoms with Crippen molar-refractivity contribution < 1.29 is 5.11 Å². The van der Waals surface area contributed by atoms with E-state index in [1.165, 1.54) is 19.3 Å². The molecule has 0 aromatic heterocycles. The first kappa shape index (κ1) is 12.9. The molecule has 0 aliphatic carbocycles. The van der Waals surface area contributed by atoms with E-state index < -0.39 is 0 Å². The van der Waals surface area contributed by atoms with Crippen LogP contribution in [-0.4, -0.2) is 35.7 Å². The summed E-state index contributed by atoms with van der Waals surface area (Å²) in [6.07, 6.45) is 4.56. The summed E-state index contributed by atoms with van der Waals surface area (Å²) >= 11 is 0. The molecule has 2 nitrogen and oxygen atoms in total. The van der Waals surface area contributed by atoms with Crippen molar-refractivity contribution in [3.8, 4) is 0 Å². The van der Waals surface area contributed by atoms with Crippen molar-refractivity contribution in [3.63, 3.8) is 0 Å². The number of nitrogens with zero attached hydrogens (tertiary/aromatic N) is 1. The molecular weight excluding hydrogens is 162 g/mol. The van der Waals surface area contributed by atoms with Crippen LogP contribution in [0.25, 0.3) is 0 Å². The normalized spacial score (nSPS) is 16.2. The molecule has 13 heavy (non-hydrogen) atoms. The number of hydrogen-bond donors (Lipinski definition) is 1. The molecule has 0 rings (SSSR count). The predicted octanol–water partition coefficient (Wildman–Crippen LogP) is 2.27. The van der Waals surface area contributed by atoms with Gasteiger partial charge < -0.3 is 10.0 Å². The van der Waals surface area contributed by atoms with Gasteiger partial charge in [-0.1, -0.05) is 19.8 Å². The third kappa shape index (κ3) is 7.03. The van der Waals surface area contributed by atoms with Crippen molar-refractivity contribution in [1.82, 2.24) is 4.90 Å². The van der Waals surface area contributed by atoms with Gasteiger partial charge >= 0.3 is 0 Å². The highest BCUT2D eigenvalue weighted by molar-refractivity contribution is 4.65. The molecule has 0 aromatic carbocycles. The van der Waals surface area contributed by atoms with Gasteiger partial charge in [0.05, 0.1) is 6.10 Å². The summed E-state index contributed by atoms with van der Waals surface area (Å²) in [5.74, 6) is 0. The lowest BCUT2D eigenvalue weighted by molar-refractivity contribution is 0.133. The van der Waals surface area contributed by atoms with Gasteiger partial charge in [0.15, 0.2) is 0 Å². The zero-order valence-electron chi connectivity index (χ0n) is 9.58. The summed E-state index contributed by atoms with van der Waals surface area (Å²) in [5, 5.41) is 9.22. The molecule has 0 radical (unpaired) electrons. The van der Waals surface area contributed by atoms with E-state index >= 15 is 0 Å². The van der Waals surface area contributed by atoms with E-state index in [9.17, 15) is 5.11 Å². The highest BCUT2D eigenvalue weighted by atomic mass is 16.3. The van der Waals surface area contributed by atoms with Gasteiger partial charge in [0, 0.05) is 6.04 Å². The van der Waals surface area contributed by atoms with Crippen LogP contribution >= 0.6 is 0 Å². The molecule has 2 unspecified atom stereocenters. The summed E-state index contributed by atoms with van der Waals surface area (Å²) in [6, 6.07) is 0.497. The molecule has 0 fully saturated rings. The molecule has 0 amide bonds. The fourth-order valence-electron chi connectivity index (χ4n) is 1.51. The molecule has 0 aromatic rings. The Hall–Kier alpha value is -0.0800. The molecule has 0 saturated carbocycles. The zero-order chi connectivity index (χ0) is 10.3. The molecule has 0 aliphatic rings. The molecule has 0 saturated heterocycles. The Morgan fingerprint density at radius 1 is 1.23 bits per heavy atom. The van der Waals surface area contributed by atoms with E-state index in [4.69, 9.17) is 0 Å². The lowest BCUT2D eigenvalue weighted by Gasteiger charge is -2.25. The predicted molar refractivity (Wildman–Crippen MR) is 57.9 cm³/mol. The molecule has 2 atom stereocenters. The van der Waals surface area contributed by atoms with Crippen molar-refractivity contribution in [2.45, 2.75) is 58.6 Å². The Morgan fingerprint density at radius 2 is 1.85 bits per heavy atom. The summed E-state index contributed by atoms with van der Waals surface area (Å²) in [6.45, 7) is 7.41. The Bertz CT molecular complexity index is 115. The first-order valence-corrected chi connectivity index (χ1v) is 5.46. The van der Waals surface area contributed by atoms with E-state index in [1.807, 2.05) is 6.92 Å². The van der Waals surface area contributed by atoms with Gasteiger partial charge in [0.1, 0.15) is 0 Å². The van der Waals surface area contributed by atoms with Crippen LogP contribution in [0.3, 0.4) is 0 Å². The molecule has 0 aliphatic heterocycles. The second-order valence-corrected chi connectivity index (χ2v) is 4.12. The minimum Gasteiger partial charge on any atom is -0.393 e. The van der Waals surface area contributed by atoms with Crippen LogP contribution in [0, 0.1) is 0 Å². The van der Waals surface area contributed by atoms with Crippen molar-refractivity contribution in [1.29, 1.82) is 0 Å². The Labute approximate surface area is 82.9 Å². The third-order valence-electron chi connectivity index (χ3n) is 2.55. The highest BCUT2D eigenvalue weighted by Crippen LogP contribution is 2.06. The monoisotopic (exact) mass is 187 g/mol. The fraction of sp³-hybridized carbons (Fsp3) is 1.00. The largest absolute Gasteiger partial charge is 0.393 e. The molecule has 1 N–H and O–H groups in total. The van der Waals surface area contributed by atoms with E-state index in [-0.39, 0.29) is 6.10 Å². The standard InChI is InChI=1S/C11H25NO/c1-5-6-7-8-12(4)10(2)9-11(3)13/h10-11,13H,5-9H2,1-4H3. The summed E-state index contributed by atoms with van der Waals surface area (Å²) in [7, 11) is 2.14. The quantitative estimate of drug-likeness (QED) is 0.618. The maximum Gasteiger partial charge on any atom is 0.0526 e. The number of aliphatic hydroxyl groups excluding tert-OH is 1. The smallest absolute Gasteiger partial charge is 0.0526 e. The molecule has 0 spiro atoms. The minimum absolute atomic E-state index is 0.177. The molecule has 0 bridgehead atoms. The van der Waals surface area contributed by atoms with E-state index in [0.29, 0.717) is 6.04 Å². The highest BCUT2D eigenvalue weighted by Gasteiger charge is 2.10. The Balaban J connectivity index is 3.50. The number of aliphatic hydroxyl groups is 1. The number of hydrogen-bond acceptors (Lipinski definition) is 2. The molecule has 80 valence electrons. The maximum atomic E-state index is 9.22. The topological polar surface area (TPSA) is 23.5 Å². The first-order valence-electron chi connectivity index (χ1n) is 5.46. The van der Waals surface area contributed by atoms with Gasteiger partial charge in [-0.2, -0.15) is 0 Å². The Morgan fingerprint density at radius 3 is 2.31 bits per heavy atom. The van der Waals surface area contributed by atoms with Crippen molar-refractivity contribution in [2.75, 3.05) is 13.6 Å². The fourth-order valence-corrected chi connectivity index (χ4v) is 1.51. The number of rotatable bonds is 7. The van der Waals surface area contributed by atoms with Gasteiger partial charge in [-0.15, -0.1) is 0 Å². The summed E-state index contributed by atoms with van der Waals surface area (Å²) < 4.78 is 0. The SMILES string of the molecule is CCCCCN(C)C(C)CC(C)O. The second kappa shape index (κ2) is 7.34. The van der Waals surface area contributed by atoms with Crippen LogP contribution in [0.5, 0.6) is 0 Å². The average Bonchev–Trinajstić information content (AvgIpc) is 2.03. The van der Waals surface area contributed by atoms with Crippen LogP contribution in [0.15, 0.2) is 0 Å². The third-order valence-corrected chi connectivity index (χ3v) is 2.55. The van der Waals surface area contributed by atoms with Gasteiger partial charge in [0.2, 0.25) is 0 Å². The molecule has 2 heteroatoms. The van der Waals surface area contributed by atoms with Gasteiger partial charge in [-0.25, -0.2) is 0 Å². The maximum absolute atomic E-state index is 9.22. The summed E-state index contributed by atoms with van der Waals surface area (Å²) in [4.78, 5) is 2.34. The first-order chi connectivity index (χ1) is 6.07. The van der Waals surface area contributed by atoms with Crippen LogP contribution < -0.4 is 0 Å². The molecule has 0 heterocycles. The van der Waals surface area contributed by atoms with Crippen molar-refractivity contribution in [2.24, 2.45) is 0 Å². The lowest BCUT2D eigenvalue weighted by atomic mass is 10.1. The van der Waals surface area contributed by atoms with Crippen LogP contribution in [0.1, 0.15) is 46.5 Å². The van der Waals surface area contributed by atoms with Crippen molar-refractivity contribution in [3.05, 3.63) is 0 Å². The van der Waals surface area contributed by atoms with E-state index in [2.05, 4.69) is 25.8 Å². The van der Waals surface area contributed by atoms with Crippen LogP contribution in [-0.2, 0) is 0 Å². The van der Waals surface area contributed by atoms with Gasteiger partial charge in [0.25, 0.3) is 0 Å².